The first kappa shape index (κ1) is 24.2. The lowest BCUT2D eigenvalue weighted by molar-refractivity contribution is 0.597. The number of para-hydroxylation sites is 1. The second-order valence-electron chi connectivity index (χ2n) is 8.59. The summed E-state index contributed by atoms with van der Waals surface area (Å²) in [5, 5.41) is 11.6. The zero-order valence-corrected chi connectivity index (χ0v) is 21.1. The molecule has 0 aliphatic rings. The van der Waals surface area contributed by atoms with Crippen LogP contribution in [0.5, 0.6) is 0 Å². The van der Waals surface area contributed by atoms with Crippen molar-refractivity contribution in [2.75, 3.05) is 22.6 Å². The van der Waals surface area contributed by atoms with Crippen molar-refractivity contribution in [3.8, 4) is 0 Å². The number of benzene rings is 3. The Hall–Kier alpha value is -4.48. The van der Waals surface area contributed by atoms with Gasteiger partial charge in [0.1, 0.15) is 5.82 Å². The van der Waals surface area contributed by atoms with E-state index in [4.69, 9.17) is 10.1 Å². The van der Waals surface area contributed by atoms with Crippen LogP contribution in [0.4, 0.5) is 34.8 Å². The van der Waals surface area contributed by atoms with E-state index in [1.54, 1.807) is 30.5 Å². The quantitative estimate of drug-likeness (QED) is 0.278. The van der Waals surface area contributed by atoms with Gasteiger partial charge < -0.3 is 20.1 Å². The summed E-state index contributed by atoms with van der Waals surface area (Å²) in [6, 6.07) is 24.8. The molecule has 0 radical (unpaired) electrons. The highest BCUT2D eigenvalue weighted by Crippen LogP contribution is 2.29. The van der Waals surface area contributed by atoms with Gasteiger partial charge in [-0.2, -0.15) is 4.98 Å². The third-order valence-electron chi connectivity index (χ3n) is 5.84. The fraction of sp³-hybridized carbons (Fsp3) is 0.115. The minimum absolute atomic E-state index is 0.214. The average Bonchev–Trinajstić information content (AvgIpc) is 3.19. The number of anilines is 6. The van der Waals surface area contributed by atoms with E-state index in [2.05, 4.69) is 20.6 Å². The van der Waals surface area contributed by atoms with E-state index in [-0.39, 0.29) is 5.75 Å². The number of sulfonamides is 1. The Bertz CT molecular complexity index is 1650. The van der Waals surface area contributed by atoms with E-state index >= 15 is 0 Å². The molecule has 0 bridgehead atoms. The first-order chi connectivity index (χ1) is 17.7. The Morgan fingerprint density at radius 1 is 0.919 bits per heavy atom. The van der Waals surface area contributed by atoms with E-state index < -0.39 is 10.0 Å². The summed E-state index contributed by atoms with van der Waals surface area (Å²) >= 11 is 0. The lowest BCUT2D eigenvalue weighted by Gasteiger charge is -2.19. The van der Waals surface area contributed by atoms with Crippen molar-refractivity contribution < 1.29 is 8.42 Å². The second-order valence-corrected chi connectivity index (χ2v) is 10.2. The van der Waals surface area contributed by atoms with Crippen molar-refractivity contribution in [3.05, 3.63) is 90.6 Å². The summed E-state index contributed by atoms with van der Waals surface area (Å²) in [6.07, 6.45) is 1.68. The van der Waals surface area contributed by atoms with Gasteiger partial charge in [-0.25, -0.2) is 23.5 Å². The monoisotopic (exact) mass is 514 g/mol. The van der Waals surface area contributed by atoms with Crippen LogP contribution in [0.25, 0.3) is 11.0 Å². The highest BCUT2D eigenvalue weighted by atomic mass is 32.2. The molecule has 37 heavy (non-hydrogen) atoms. The van der Waals surface area contributed by atoms with Gasteiger partial charge in [0.25, 0.3) is 0 Å². The van der Waals surface area contributed by atoms with Crippen LogP contribution < -0.4 is 20.7 Å². The van der Waals surface area contributed by atoms with E-state index in [1.165, 1.54) is 0 Å². The van der Waals surface area contributed by atoms with E-state index in [0.29, 0.717) is 17.3 Å². The number of aryl methyl sites for hydroxylation is 1. The Morgan fingerprint density at radius 2 is 1.65 bits per heavy atom. The minimum atomic E-state index is -3.58. The maximum absolute atomic E-state index is 11.3. The van der Waals surface area contributed by atoms with Crippen molar-refractivity contribution >= 4 is 55.8 Å². The van der Waals surface area contributed by atoms with Gasteiger partial charge in [0.05, 0.1) is 16.8 Å². The normalized spacial score (nSPS) is 11.4. The molecule has 3 aromatic carbocycles. The molecule has 0 aliphatic heterocycles. The first-order valence-corrected chi connectivity index (χ1v) is 13.2. The maximum atomic E-state index is 11.3. The molecule has 0 saturated carbocycles. The summed E-state index contributed by atoms with van der Waals surface area (Å²) in [5.41, 5.74) is 5.09. The van der Waals surface area contributed by atoms with Crippen LogP contribution in [0.1, 0.15) is 5.56 Å². The topological polar surface area (TPSA) is 131 Å². The Kier molecular flexibility index (Phi) is 6.47. The molecule has 0 atom stereocenters. The predicted molar refractivity (Wildman–Crippen MR) is 147 cm³/mol. The van der Waals surface area contributed by atoms with Gasteiger partial charge in [-0.15, -0.1) is 0 Å². The minimum Gasteiger partial charge on any atom is -0.329 e. The number of hydrogen-bond donors (Lipinski definition) is 3. The van der Waals surface area contributed by atoms with E-state index in [0.717, 1.165) is 34.0 Å². The molecule has 2 aromatic heterocycles. The fourth-order valence-electron chi connectivity index (χ4n) is 3.93. The Labute approximate surface area is 214 Å². The molecule has 5 rings (SSSR count). The summed E-state index contributed by atoms with van der Waals surface area (Å²) in [4.78, 5) is 15.7. The van der Waals surface area contributed by atoms with Crippen LogP contribution in [-0.2, 0) is 22.8 Å². The van der Waals surface area contributed by atoms with Crippen LogP contribution >= 0.6 is 0 Å². The molecule has 2 heterocycles. The van der Waals surface area contributed by atoms with E-state index in [9.17, 15) is 8.42 Å². The molecule has 188 valence electrons. The third kappa shape index (κ3) is 5.68. The van der Waals surface area contributed by atoms with E-state index in [1.807, 2.05) is 78.2 Å². The average molecular weight is 515 g/mol. The Balaban J connectivity index is 1.34. The van der Waals surface area contributed by atoms with Gasteiger partial charge in [0.2, 0.25) is 21.9 Å². The van der Waals surface area contributed by atoms with Crippen molar-refractivity contribution in [2.45, 2.75) is 5.75 Å². The maximum Gasteiger partial charge on any atom is 0.229 e. The number of hydrogen-bond acceptors (Lipinski definition) is 8. The fourth-order valence-corrected chi connectivity index (χ4v) is 4.59. The molecule has 0 saturated heterocycles. The molecule has 0 spiro atoms. The zero-order chi connectivity index (χ0) is 26.0. The third-order valence-corrected chi connectivity index (χ3v) is 6.58. The number of primary sulfonamides is 1. The summed E-state index contributed by atoms with van der Waals surface area (Å²) in [7, 11) is 0.332. The zero-order valence-electron chi connectivity index (χ0n) is 20.3. The summed E-state index contributed by atoms with van der Waals surface area (Å²) in [6.45, 7) is 0. The SMILES string of the molecule is CN(c1ccc2c(c1)nc(Nc1ccccc1)n2C)c1ccnc(Nc2ccc(CS(N)(=O)=O)cc2)n1. The van der Waals surface area contributed by atoms with Crippen LogP contribution in [0.2, 0.25) is 0 Å². The van der Waals surface area contributed by atoms with Gasteiger partial charge in [0, 0.05) is 37.4 Å². The van der Waals surface area contributed by atoms with Crippen molar-refractivity contribution in [1.82, 2.24) is 19.5 Å². The first-order valence-electron chi connectivity index (χ1n) is 11.5. The molecule has 10 nitrogen and oxygen atoms in total. The molecule has 5 aromatic rings. The van der Waals surface area contributed by atoms with Crippen LogP contribution in [0.15, 0.2) is 85.1 Å². The molecular formula is C26H26N8O2S. The lowest BCUT2D eigenvalue weighted by Crippen LogP contribution is -2.14. The smallest absolute Gasteiger partial charge is 0.229 e. The molecule has 0 amide bonds. The molecule has 0 unspecified atom stereocenters. The van der Waals surface area contributed by atoms with Crippen LogP contribution in [0, 0.1) is 0 Å². The number of fused-ring (bicyclic) bond motifs is 1. The van der Waals surface area contributed by atoms with Gasteiger partial charge in [-0.3, -0.25) is 0 Å². The number of nitrogens with zero attached hydrogens (tertiary/aromatic N) is 5. The highest BCUT2D eigenvalue weighted by Gasteiger charge is 2.13. The van der Waals surface area contributed by atoms with Crippen molar-refractivity contribution in [3.63, 3.8) is 0 Å². The largest absolute Gasteiger partial charge is 0.329 e. The molecular weight excluding hydrogens is 488 g/mol. The van der Waals surface area contributed by atoms with Gasteiger partial charge in [0.15, 0.2) is 0 Å². The van der Waals surface area contributed by atoms with Crippen LogP contribution in [-0.4, -0.2) is 35.0 Å². The Morgan fingerprint density at radius 3 is 2.38 bits per heavy atom. The molecule has 0 fully saturated rings. The number of imidazole rings is 1. The standard InChI is InChI=1S/C26H26N8O2S/c1-33(21-12-13-23-22(16-21)31-26(34(23)2)30-19-6-4-3-5-7-19)24-14-15-28-25(32-24)29-20-10-8-18(9-11-20)17-37(27,35)36/h3-16H,17H2,1-2H3,(H,30,31)(H2,27,35,36)(H,28,29,32). The van der Waals surface area contributed by atoms with Gasteiger partial charge >= 0.3 is 0 Å². The highest BCUT2D eigenvalue weighted by molar-refractivity contribution is 7.88. The lowest BCUT2D eigenvalue weighted by atomic mass is 10.2. The molecule has 4 N–H and O–H groups in total. The van der Waals surface area contributed by atoms with Crippen LogP contribution in [0.3, 0.4) is 0 Å². The number of nitrogens with two attached hydrogens (primary N) is 1. The molecule has 11 heteroatoms. The number of aromatic nitrogens is 4. The number of rotatable bonds is 8. The van der Waals surface area contributed by atoms with Gasteiger partial charge in [-0.05, 0) is 54.1 Å². The molecule has 0 aliphatic carbocycles. The number of nitrogens with one attached hydrogen (secondary N) is 2. The summed E-state index contributed by atoms with van der Waals surface area (Å²) in [5.74, 6) is 1.65. The van der Waals surface area contributed by atoms with Crippen molar-refractivity contribution in [1.29, 1.82) is 0 Å². The second kappa shape index (κ2) is 9.88. The van der Waals surface area contributed by atoms with Crippen molar-refractivity contribution in [2.24, 2.45) is 12.2 Å². The predicted octanol–water partition coefficient (Wildman–Crippen LogP) is 4.41. The summed E-state index contributed by atoms with van der Waals surface area (Å²) < 4.78 is 24.6. The van der Waals surface area contributed by atoms with Gasteiger partial charge in [-0.1, -0.05) is 30.3 Å².